The minimum Gasteiger partial charge on any atom is -0.314 e. The van der Waals surface area contributed by atoms with E-state index in [1.54, 1.807) is 18.4 Å². The van der Waals surface area contributed by atoms with Crippen molar-refractivity contribution in [3.8, 4) is 0 Å². The summed E-state index contributed by atoms with van der Waals surface area (Å²) in [6, 6.07) is -0.815. The molecule has 0 bridgehead atoms. The van der Waals surface area contributed by atoms with Gasteiger partial charge in [0.2, 0.25) is 5.78 Å². The molecule has 3 aromatic heterocycles. The van der Waals surface area contributed by atoms with Crippen LogP contribution in [0, 0.1) is 6.92 Å². The molecular formula is C17H23N5O3. The molecule has 8 heteroatoms. The molecule has 8 nitrogen and oxygen atoms in total. The summed E-state index contributed by atoms with van der Waals surface area (Å²) in [7, 11) is 1.57. The maximum absolute atomic E-state index is 13.0. The zero-order valence-electron chi connectivity index (χ0n) is 15.2. The third-order valence-corrected chi connectivity index (χ3v) is 4.80. The van der Waals surface area contributed by atoms with Gasteiger partial charge in [0.15, 0.2) is 16.9 Å². The number of Topliss-reactive ketones (excluding diaryl/α,β-unsaturated/α-hetero) is 1. The molecule has 3 aromatic rings. The summed E-state index contributed by atoms with van der Waals surface area (Å²) in [5.41, 5.74) is 0.641. The molecule has 0 aliphatic heterocycles. The Balaban J connectivity index is 2.42. The number of imidazole rings is 2. The van der Waals surface area contributed by atoms with Gasteiger partial charge >= 0.3 is 5.69 Å². The Hall–Kier alpha value is -2.64. The zero-order valence-corrected chi connectivity index (χ0v) is 15.2. The monoisotopic (exact) mass is 345 g/mol. The summed E-state index contributed by atoms with van der Waals surface area (Å²) >= 11 is 0. The number of hydrogen-bond donors (Lipinski definition) is 0. The van der Waals surface area contributed by atoms with Crippen LogP contribution in [0.25, 0.3) is 16.9 Å². The number of aromatic nitrogens is 5. The number of aryl methyl sites for hydroxylation is 3. The van der Waals surface area contributed by atoms with Crippen LogP contribution >= 0.6 is 0 Å². The second-order valence-electron chi connectivity index (χ2n) is 6.53. The molecule has 0 radical (unpaired) electrons. The average molecular weight is 345 g/mol. The topological polar surface area (TPSA) is 83.3 Å². The van der Waals surface area contributed by atoms with E-state index in [4.69, 9.17) is 0 Å². The van der Waals surface area contributed by atoms with Crippen molar-refractivity contribution in [1.82, 2.24) is 23.1 Å². The van der Waals surface area contributed by atoms with Gasteiger partial charge in [-0.05, 0) is 27.2 Å². The first-order valence-corrected chi connectivity index (χ1v) is 8.49. The molecule has 134 valence electrons. The summed E-state index contributed by atoms with van der Waals surface area (Å²) < 4.78 is 6.12. The van der Waals surface area contributed by atoms with Crippen LogP contribution in [0.4, 0.5) is 0 Å². The smallest absolute Gasteiger partial charge is 0.314 e. The van der Waals surface area contributed by atoms with Gasteiger partial charge in [-0.15, -0.1) is 0 Å². The highest BCUT2D eigenvalue weighted by Gasteiger charge is 2.23. The van der Waals surface area contributed by atoms with Crippen LogP contribution in [0.5, 0.6) is 0 Å². The first-order valence-electron chi connectivity index (χ1n) is 8.49. The number of hydrogen-bond acceptors (Lipinski definition) is 4. The van der Waals surface area contributed by atoms with Gasteiger partial charge in [0.1, 0.15) is 0 Å². The Bertz CT molecular complexity index is 1100. The van der Waals surface area contributed by atoms with Crippen LogP contribution < -0.4 is 11.2 Å². The van der Waals surface area contributed by atoms with Crippen LogP contribution in [0.3, 0.4) is 0 Å². The third-order valence-electron chi connectivity index (χ3n) is 4.80. The standard InChI is InChI=1S/C17H23N5O3/c1-6-7-8-20-10(2)9-21-13-14(18-16(20)21)19(5)17(25)22(15(13)24)11(3)12(4)23/h9,11H,6-8H2,1-5H3. The van der Waals surface area contributed by atoms with Crippen molar-refractivity contribution in [1.29, 1.82) is 0 Å². The lowest BCUT2D eigenvalue weighted by atomic mass is 10.2. The third kappa shape index (κ3) is 2.43. The van der Waals surface area contributed by atoms with E-state index in [1.165, 1.54) is 11.5 Å². The molecule has 1 atom stereocenters. The summed E-state index contributed by atoms with van der Waals surface area (Å²) in [6.07, 6.45) is 3.90. The Morgan fingerprint density at radius 1 is 1.32 bits per heavy atom. The van der Waals surface area contributed by atoms with E-state index in [0.717, 1.165) is 29.6 Å². The molecule has 25 heavy (non-hydrogen) atoms. The van der Waals surface area contributed by atoms with Crippen molar-refractivity contribution in [3.05, 3.63) is 32.7 Å². The fourth-order valence-electron chi connectivity index (χ4n) is 3.14. The van der Waals surface area contributed by atoms with Crippen molar-refractivity contribution in [3.63, 3.8) is 0 Å². The van der Waals surface area contributed by atoms with E-state index in [-0.39, 0.29) is 5.78 Å². The molecule has 1 unspecified atom stereocenters. The quantitative estimate of drug-likeness (QED) is 0.700. The highest BCUT2D eigenvalue weighted by Crippen LogP contribution is 2.17. The molecule has 0 saturated heterocycles. The van der Waals surface area contributed by atoms with E-state index < -0.39 is 17.3 Å². The molecule has 0 aliphatic carbocycles. The van der Waals surface area contributed by atoms with Crippen molar-refractivity contribution in [2.75, 3.05) is 0 Å². The van der Waals surface area contributed by atoms with Gasteiger partial charge in [0, 0.05) is 25.5 Å². The van der Waals surface area contributed by atoms with Crippen LogP contribution in [0.15, 0.2) is 15.8 Å². The average Bonchev–Trinajstić information content (AvgIpc) is 3.06. The number of unbranched alkanes of at least 4 members (excludes halogenated alkanes) is 1. The SMILES string of the molecule is CCCCn1c(C)cn2c3c(=O)n(C(C)C(C)=O)c(=O)n(C)c3nc12. The lowest BCUT2D eigenvalue weighted by molar-refractivity contribution is -0.119. The van der Waals surface area contributed by atoms with Gasteiger partial charge in [-0.2, -0.15) is 4.98 Å². The van der Waals surface area contributed by atoms with Crippen molar-refractivity contribution >= 4 is 22.7 Å². The Morgan fingerprint density at radius 3 is 2.60 bits per heavy atom. The summed E-state index contributed by atoms with van der Waals surface area (Å²) in [4.78, 5) is 41.9. The van der Waals surface area contributed by atoms with Gasteiger partial charge in [0.05, 0.1) is 6.04 Å². The number of carbonyl (C=O) groups excluding carboxylic acids is 1. The Kier molecular flexibility index (Phi) is 4.14. The number of fused-ring (bicyclic) bond motifs is 3. The predicted molar refractivity (Wildman–Crippen MR) is 95.2 cm³/mol. The maximum Gasteiger partial charge on any atom is 0.333 e. The number of nitrogens with zero attached hydrogens (tertiary/aromatic N) is 5. The molecule has 3 heterocycles. The molecule has 3 rings (SSSR count). The molecule has 0 aliphatic rings. The van der Waals surface area contributed by atoms with E-state index in [2.05, 4.69) is 11.9 Å². The molecular weight excluding hydrogens is 322 g/mol. The fraction of sp³-hybridized carbons (Fsp3) is 0.529. The predicted octanol–water partition coefficient (Wildman–Crippen LogP) is 1.41. The lowest BCUT2D eigenvalue weighted by Crippen LogP contribution is -2.42. The Morgan fingerprint density at radius 2 is 2.00 bits per heavy atom. The second-order valence-corrected chi connectivity index (χ2v) is 6.53. The van der Waals surface area contributed by atoms with Crippen LogP contribution in [0.2, 0.25) is 0 Å². The molecule has 0 N–H and O–H groups in total. The van der Waals surface area contributed by atoms with Gasteiger partial charge in [-0.25, -0.2) is 9.36 Å². The second kappa shape index (κ2) is 6.02. The van der Waals surface area contributed by atoms with Crippen LogP contribution in [-0.2, 0) is 18.4 Å². The van der Waals surface area contributed by atoms with Crippen molar-refractivity contribution in [2.24, 2.45) is 7.05 Å². The summed E-state index contributed by atoms with van der Waals surface area (Å²) in [6.45, 7) is 7.82. The largest absolute Gasteiger partial charge is 0.333 e. The fourth-order valence-corrected chi connectivity index (χ4v) is 3.14. The van der Waals surface area contributed by atoms with Crippen LogP contribution in [0.1, 0.15) is 45.3 Å². The summed E-state index contributed by atoms with van der Waals surface area (Å²) in [5, 5.41) is 0. The summed E-state index contributed by atoms with van der Waals surface area (Å²) in [5.74, 6) is 0.400. The molecule has 0 spiro atoms. The maximum atomic E-state index is 13.0. The van der Waals surface area contributed by atoms with Gasteiger partial charge in [0.25, 0.3) is 5.56 Å². The van der Waals surface area contributed by atoms with E-state index >= 15 is 0 Å². The van der Waals surface area contributed by atoms with E-state index in [1.807, 2.05) is 17.7 Å². The highest BCUT2D eigenvalue weighted by atomic mass is 16.2. The number of ketones is 1. The van der Waals surface area contributed by atoms with Gasteiger partial charge in [-0.1, -0.05) is 13.3 Å². The van der Waals surface area contributed by atoms with Gasteiger partial charge in [-0.3, -0.25) is 18.6 Å². The molecule has 0 saturated carbocycles. The molecule has 0 aromatic carbocycles. The number of carbonyl (C=O) groups is 1. The van der Waals surface area contributed by atoms with E-state index in [0.29, 0.717) is 16.9 Å². The minimum absolute atomic E-state index is 0.240. The van der Waals surface area contributed by atoms with Crippen molar-refractivity contribution < 1.29 is 4.79 Å². The normalized spacial score (nSPS) is 13.0. The van der Waals surface area contributed by atoms with Crippen molar-refractivity contribution in [2.45, 2.75) is 53.1 Å². The van der Waals surface area contributed by atoms with Crippen LogP contribution in [-0.4, -0.2) is 28.9 Å². The lowest BCUT2D eigenvalue weighted by Gasteiger charge is -2.12. The minimum atomic E-state index is -0.815. The molecule has 0 fully saturated rings. The first-order chi connectivity index (χ1) is 11.8. The highest BCUT2D eigenvalue weighted by molar-refractivity contribution is 5.80. The Labute approximate surface area is 144 Å². The first kappa shape index (κ1) is 17.2. The van der Waals surface area contributed by atoms with E-state index in [9.17, 15) is 14.4 Å². The number of rotatable bonds is 5. The van der Waals surface area contributed by atoms with Gasteiger partial charge < -0.3 is 4.57 Å². The molecule has 0 amide bonds. The zero-order chi connectivity index (χ0) is 18.5.